The smallest absolute Gasteiger partial charge is 0.337 e. The molecule has 0 aromatic heterocycles. The number of aliphatic hydroxyl groups excluding tert-OH is 2. The average molecular weight is 317 g/mol. The Kier molecular flexibility index (Phi) is 8.60. The summed E-state index contributed by atoms with van der Waals surface area (Å²) < 4.78 is 0. The zero-order valence-electron chi connectivity index (χ0n) is 13.1. The monoisotopic (exact) mass is 317 g/mol. The van der Waals surface area contributed by atoms with Crippen LogP contribution in [0, 0.1) is 0 Å². The third-order valence-electron chi connectivity index (χ3n) is 3.20. The molecule has 2 rings (SSSR count). The number of carboxylic acids is 1. The van der Waals surface area contributed by atoms with E-state index in [1.165, 1.54) is 0 Å². The molecule has 1 unspecified atom stereocenters. The molecule has 124 valence electrons. The molecule has 2 aromatic rings. The highest BCUT2D eigenvalue weighted by Crippen LogP contribution is 2.14. The number of rotatable bonds is 6. The van der Waals surface area contributed by atoms with Crippen molar-refractivity contribution in [2.75, 3.05) is 13.6 Å². The minimum absolute atomic E-state index is 0.335. The van der Waals surface area contributed by atoms with Crippen LogP contribution >= 0.6 is 0 Å². The molecule has 2 atom stereocenters. The number of benzene rings is 2. The van der Waals surface area contributed by atoms with Gasteiger partial charge < -0.3 is 20.6 Å². The van der Waals surface area contributed by atoms with Crippen LogP contribution in [0.5, 0.6) is 0 Å². The molecule has 0 fully saturated rings. The van der Waals surface area contributed by atoms with Gasteiger partial charge in [-0.3, -0.25) is 0 Å². The van der Waals surface area contributed by atoms with E-state index in [4.69, 9.17) is 10.2 Å². The van der Waals surface area contributed by atoms with Gasteiger partial charge in [0.1, 0.15) is 0 Å². The summed E-state index contributed by atoms with van der Waals surface area (Å²) in [7, 11) is 1.89. The van der Waals surface area contributed by atoms with Crippen LogP contribution in [0.15, 0.2) is 60.7 Å². The van der Waals surface area contributed by atoms with Crippen molar-refractivity contribution < 1.29 is 20.1 Å². The molecule has 0 aliphatic carbocycles. The predicted molar refractivity (Wildman–Crippen MR) is 89.0 cm³/mol. The van der Waals surface area contributed by atoms with Crippen molar-refractivity contribution in [2.24, 2.45) is 0 Å². The first-order valence-corrected chi connectivity index (χ1v) is 7.39. The summed E-state index contributed by atoms with van der Waals surface area (Å²) in [5.74, 6) is -1.23. The van der Waals surface area contributed by atoms with E-state index >= 15 is 0 Å². The van der Waals surface area contributed by atoms with Crippen molar-refractivity contribution in [3.8, 4) is 0 Å². The standard InChI is InChI=1S/C10H15NO.C8H8O3/c1-11-8-7-10(12)9-5-3-2-4-6-9;9-7(8(10)11)6-4-2-1-3-5-6/h2-6,10-12H,7-8H2,1H3;1-5,7,9H,(H,10,11)/t10-;/m1./s1. The highest BCUT2D eigenvalue weighted by atomic mass is 16.4. The molecule has 0 aliphatic heterocycles. The molecule has 2 aromatic carbocycles. The Balaban J connectivity index is 0.000000231. The van der Waals surface area contributed by atoms with E-state index in [-0.39, 0.29) is 6.10 Å². The lowest BCUT2D eigenvalue weighted by Crippen LogP contribution is -2.11. The molecular formula is C18H23NO4. The fraction of sp³-hybridized carbons (Fsp3) is 0.278. The highest BCUT2D eigenvalue weighted by molar-refractivity contribution is 5.73. The minimum Gasteiger partial charge on any atom is -0.479 e. The number of hydrogen-bond donors (Lipinski definition) is 4. The third kappa shape index (κ3) is 7.06. The second kappa shape index (κ2) is 10.5. The first-order chi connectivity index (χ1) is 11.1. The first kappa shape index (κ1) is 18.8. The summed E-state index contributed by atoms with van der Waals surface area (Å²) in [6.07, 6.45) is -0.976. The summed E-state index contributed by atoms with van der Waals surface area (Å²) in [4.78, 5) is 10.2. The summed E-state index contributed by atoms with van der Waals surface area (Å²) in [5, 5.41) is 30.0. The van der Waals surface area contributed by atoms with Crippen molar-refractivity contribution in [1.29, 1.82) is 0 Å². The maximum absolute atomic E-state index is 10.2. The van der Waals surface area contributed by atoms with Crippen LogP contribution in [0.3, 0.4) is 0 Å². The Hall–Kier alpha value is -2.21. The van der Waals surface area contributed by atoms with Crippen LogP contribution in [-0.4, -0.2) is 34.9 Å². The Labute approximate surface area is 136 Å². The zero-order chi connectivity index (χ0) is 17.1. The van der Waals surface area contributed by atoms with Gasteiger partial charge in [0.15, 0.2) is 6.10 Å². The molecule has 5 heteroatoms. The van der Waals surface area contributed by atoms with Gasteiger partial charge in [0.05, 0.1) is 6.10 Å². The molecule has 4 N–H and O–H groups in total. The van der Waals surface area contributed by atoms with Gasteiger partial charge in [-0.05, 0) is 31.1 Å². The quantitative estimate of drug-likeness (QED) is 0.655. The lowest BCUT2D eigenvalue weighted by molar-refractivity contribution is -0.146. The topological polar surface area (TPSA) is 89.8 Å². The third-order valence-corrected chi connectivity index (χ3v) is 3.20. The van der Waals surface area contributed by atoms with E-state index in [0.717, 1.165) is 18.5 Å². The van der Waals surface area contributed by atoms with Crippen molar-refractivity contribution in [2.45, 2.75) is 18.6 Å². The molecule has 0 radical (unpaired) electrons. The number of hydrogen-bond acceptors (Lipinski definition) is 4. The summed E-state index contributed by atoms with van der Waals surface area (Å²) in [6, 6.07) is 18.0. The van der Waals surface area contributed by atoms with E-state index in [2.05, 4.69) is 5.32 Å². The number of nitrogens with one attached hydrogen (secondary N) is 1. The molecule has 0 bridgehead atoms. The molecule has 0 aliphatic rings. The predicted octanol–water partition coefficient (Wildman–Crippen LogP) is 2.13. The molecule has 0 saturated carbocycles. The Morgan fingerprint density at radius 1 is 0.957 bits per heavy atom. The lowest BCUT2D eigenvalue weighted by Gasteiger charge is -2.09. The first-order valence-electron chi connectivity index (χ1n) is 7.39. The second-order valence-corrected chi connectivity index (χ2v) is 4.97. The SMILES string of the molecule is CNCC[C@@H](O)c1ccccc1.O=C(O)C(O)c1ccccc1. The van der Waals surface area contributed by atoms with Gasteiger partial charge in [0.25, 0.3) is 0 Å². The van der Waals surface area contributed by atoms with Crippen LogP contribution in [0.2, 0.25) is 0 Å². The average Bonchev–Trinajstić information content (AvgIpc) is 2.61. The number of aliphatic carboxylic acids is 1. The summed E-state index contributed by atoms with van der Waals surface area (Å²) in [6.45, 7) is 0.843. The normalized spacial score (nSPS) is 12.7. The van der Waals surface area contributed by atoms with Crippen LogP contribution in [0.25, 0.3) is 0 Å². The van der Waals surface area contributed by atoms with Crippen LogP contribution < -0.4 is 5.32 Å². The highest BCUT2D eigenvalue weighted by Gasteiger charge is 2.14. The molecule has 0 amide bonds. The molecule has 0 spiro atoms. The van der Waals surface area contributed by atoms with Crippen LogP contribution in [0.1, 0.15) is 29.8 Å². The molecular weight excluding hydrogens is 294 g/mol. The molecule has 0 saturated heterocycles. The molecule has 5 nitrogen and oxygen atoms in total. The largest absolute Gasteiger partial charge is 0.479 e. The molecule has 23 heavy (non-hydrogen) atoms. The Morgan fingerprint density at radius 3 is 1.87 bits per heavy atom. The van der Waals surface area contributed by atoms with Crippen molar-refractivity contribution >= 4 is 5.97 Å². The zero-order valence-corrected chi connectivity index (χ0v) is 13.1. The van der Waals surface area contributed by atoms with Crippen molar-refractivity contribution in [3.05, 3.63) is 71.8 Å². The van der Waals surface area contributed by atoms with E-state index in [1.54, 1.807) is 30.3 Å². The fourth-order valence-corrected chi connectivity index (χ4v) is 1.90. The van der Waals surface area contributed by atoms with Gasteiger partial charge in [-0.1, -0.05) is 60.7 Å². The molecule has 0 heterocycles. The van der Waals surface area contributed by atoms with Crippen LogP contribution in [0.4, 0.5) is 0 Å². The van der Waals surface area contributed by atoms with Gasteiger partial charge in [-0.25, -0.2) is 4.79 Å². The second-order valence-electron chi connectivity index (χ2n) is 4.97. The minimum atomic E-state index is -1.41. The van der Waals surface area contributed by atoms with Gasteiger partial charge in [-0.15, -0.1) is 0 Å². The Morgan fingerprint density at radius 2 is 1.43 bits per heavy atom. The summed E-state index contributed by atoms with van der Waals surface area (Å²) in [5.41, 5.74) is 1.40. The summed E-state index contributed by atoms with van der Waals surface area (Å²) >= 11 is 0. The van der Waals surface area contributed by atoms with Crippen molar-refractivity contribution in [3.63, 3.8) is 0 Å². The van der Waals surface area contributed by atoms with Gasteiger partial charge in [-0.2, -0.15) is 0 Å². The number of carbonyl (C=O) groups is 1. The maximum atomic E-state index is 10.2. The fourth-order valence-electron chi connectivity index (χ4n) is 1.90. The maximum Gasteiger partial charge on any atom is 0.337 e. The van der Waals surface area contributed by atoms with E-state index < -0.39 is 12.1 Å². The van der Waals surface area contributed by atoms with E-state index in [1.807, 2.05) is 37.4 Å². The lowest BCUT2D eigenvalue weighted by atomic mass is 10.1. The van der Waals surface area contributed by atoms with E-state index in [0.29, 0.717) is 5.56 Å². The van der Waals surface area contributed by atoms with Gasteiger partial charge in [0.2, 0.25) is 0 Å². The van der Waals surface area contributed by atoms with Crippen molar-refractivity contribution in [1.82, 2.24) is 5.32 Å². The van der Waals surface area contributed by atoms with E-state index in [9.17, 15) is 9.90 Å². The van der Waals surface area contributed by atoms with Gasteiger partial charge >= 0.3 is 5.97 Å². The Bertz CT molecular complexity index is 560. The number of aliphatic hydroxyl groups is 2. The van der Waals surface area contributed by atoms with Crippen LogP contribution in [-0.2, 0) is 4.79 Å². The van der Waals surface area contributed by atoms with Gasteiger partial charge in [0, 0.05) is 0 Å². The number of carboxylic acid groups (broad SMARTS) is 1.